The second kappa shape index (κ2) is 55.2. The summed E-state index contributed by atoms with van der Waals surface area (Å²) in [5.41, 5.74) is 0. The van der Waals surface area contributed by atoms with E-state index in [0.717, 1.165) is 108 Å². The molecular formula is C65H126O17P2. The number of hydrogen-bond acceptors (Lipinski definition) is 15. The maximum atomic E-state index is 13.0. The Hall–Kier alpha value is -1.94. The van der Waals surface area contributed by atoms with Crippen molar-refractivity contribution in [2.75, 3.05) is 39.6 Å². The standard InChI is InChI=1S/C65H126O17P2/c1-55(2)41-33-25-17-12-9-10-14-20-29-37-45-62(67)75-51-60(81-64(69)47-39-31-21-15-11-13-18-26-34-42-56(3)4)53-79-83(71,72)77-49-59(66)50-78-84(73,74)80-54-61(82-65(70)48-40-32-24-23-28-36-44-58(7)8)52-76-63(68)46-38-30-22-16-19-27-35-43-57(5)6/h55-61,66H,9-54H2,1-8H3,(H,71,72)(H,73,74)/t59?,60-,61-/m1/s1. The van der Waals surface area contributed by atoms with Crippen LogP contribution in [0.15, 0.2) is 0 Å². The van der Waals surface area contributed by atoms with E-state index in [-0.39, 0.29) is 25.7 Å². The molecule has 0 spiro atoms. The first-order valence-electron chi connectivity index (χ1n) is 33.7. The normalized spacial score (nSPS) is 14.4. The van der Waals surface area contributed by atoms with Crippen LogP contribution in [0.1, 0.15) is 312 Å². The Morgan fingerprint density at radius 2 is 0.500 bits per heavy atom. The molecule has 0 aliphatic rings. The lowest BCUT2D eigenvalue weighted by atomic mass is 10.0. The number of phosphoric ester groups is 2. The summed E-state index contributed by atoms with van der Waals surface area (Å²) in [6, 6.07) is 0. The van der Waals surface area contributed by atoms with Crippen molar-refractivity contribution in [2.45, 2.75) is 331 Å². The van der Waals surface area contributed by atoms with Crippen LogP contribution in [0.4, 0.5) is 0 Å². The summed E-state index contributed by atoms with van der Waals surface area (Å²) in [7, 11) is -9.89. The molecule has 0 aromatic heterocycles. The molecule has 0 aromatic rings. The molecule has 0 amide bonds. The Balaban J connectivity index is 5.24. The highest BCUT2D eigenvalue weighted by atomic mass is 31.2. The fraction of sp³-hybridized carbons (Fsp3) is 0.938. The lowest BCUT2D eigenvalue weighted by Crippen LogP contribution is -2.30. The minimum atomic E-state index is -4.95. The van der Waals surface area contributed by atoms with Crippen LogP contribution < -0.4 is 0 Å². The molecular weight excluding hydrogens is 1110 g/mol. The Bertz CT molecular complexity index is 1680. The summed E-state index contributed by atoms with van der Waals surface area (Å²) < 4.78 is 68.0. The Labute approximate surface area is 511 Å². The van der Waals surface area contributed by atoms with Crippen molar-refractivity contribution in [1.82, 2.24) is 0 Å². The minimum absolute atomic E-state index is 0.101. The van der Waals surface area contributed by atoms with E-state index in [4.69, 9.17) is 37.0 Å². The molecule has 0 rings (SSSR count). The number of esters is 4. The minimum Gasteiger partial charge on any atom is -0.462 e. The van der Waals surface area contributed by atoms with E-state index in [1.54, 1.807) is 0 Å². The second-order valence-corrected chi connectivity index (χ2v) is 28.3. The molecule has 0 aliphatic carbocycles. The molecule has 19 heteroatoms. The molecule has 17 nitrogen and oxygen atoms in total. The molecule has 5 atom stereocenters. The average Bonchev–Trinajstić information content (AvgIpc) is 3.46. The van der Waals surface area contributed by atoms with E-state index >= 15 is 0 Å². The summed E-state index contributed by atoms with van der Waals surface area (Å²) in [6.07, 6.45) is 35.1. The van der Waals surface area contributed by atoms with E-state index in [1.165, 1.54) is 109 Å². The van der Waals surface area contributed by atoms with Crippen molar-refractivity contribution < 1.29 is 80.2 Å². The van der Waals surface area contributed by atoms with Gasteiger partial charge in [0, 0.05) is 25.7 Å². The van der Waals surface area contributed by atoms with Crippen LogP contribution in [0.5, 0.6) is 0 Å². The average molecular weight is 1240 g/mol. The van der Waals surface area contributed by atoms with Gasteiger partial charge in [-0.05, 0) is 49.4 Å². The molecule has 0 saturated heterocycles. The summed E-state index contributed by atoms with van der Waals surface area (Å²) >= 11 is 0. The fourth-order valence-electron chi connectivity index (χ4n) is 9.61. The number of aliphatic hydroxyl groups excluding tert-OH is 1. The van der Waals surface area contributed by atoms with Crippen molar-refractivity contribution in [1.29, 1.82) is 0 Å². The van der Waals surface area contributed by atoms with Crippen LogP contribution in [0.3, 0.4) is 0 Å². The van der Waals surface area contributed by atoms with Crippen LogP contribution in [0, 0.1) is 23.7 Å². The van der Waals surface area contributed by atoms with Gasteiger partial charge in [-0.1, -0.05) is 261 Å². The van der Waals surface area contributed by atoms with Gasteiger partial charge >= 0.3 is 39.5 Å². The predicted molar refractivity (Wildman–Crippen MR) is 335 cm³/mol. The number of aliphatic hydroxyl groups is 1. The van der Waals surface area contributed by atoms with Crippen molar-refractivity contribution in [3.63, 3.8) is 0 Å². The predicted octanol–water partition coefficient (Wildman–Crippen LogP) is 17.8. The van der Waals surface area contributed by atoms with Crippen LogP contribution in [0.25, 0.3) is 0 Å². The van der Waals surface area contributed by atoms with Gasteiger partial charge < -0.3 is 33.8 Å². The van der Waals surface area contributed by atoms with Gasteiger partial charge in [0.2, 0.25) is 0 Å². The Morgan fingerprint density at radius 3 is 0.738 bits per heavy atom. The zero-order chi connectivity index (χ0) is 62.5. The molecule has 0 radical (unpaired) electrons. The molecule has 0 aromatic carbocycles. The monoisotopic (exact) mass is 1240 g/mol. The molecule has 0 fully saturated rings. The summed E-state index contributed by atoms with van der Waals surface area (Å²) in [5, 5.41) is 10.5. The quantitative estimate of drug-likeness (QED) is 0.0222. The Kier molecular flexibility index (Phi) is 53.9. The number of rotatable bonds is 62. The second-order valence-electron chi connectivity index (χ2n) is 25.4. The van der Waals surface area contributed by atoms with Crippen molar-refractivity contribution in [3.05, 3.63) is 0 Å². The number of hydrogen-bond donors (Lipinski definition) is 3. The lowest BCUT2D eigenvalue weighted by molar-refractivity contribution is -0.161. The largest absolute Gasteiger partial charge is 0.472 e. The first-order valence-corrected chi connectivity index (χ1v) is 36.7. The third kappa shape index (κ3) is 59.0. The van der Waals surface area contributed by atoms with Crippen molar-refractivity contribution in [3.8, 4) is 0 Å². The van der Waals surface area contributed by atoms with E-state index in [2.05, 4.69) is 55.4 Å². The van der Waals surface area contributed by atoms with Crippen molar-refractivity contribution >= 4 is 39.5 Å². The third-order valence-corrected chi connectivity index (χ3v) is 16.7. The molecule has 3 unspecified atom stereocenters. The zero-order valence-electron chi connectivity index (χ0n) is 54.5. The third-order valence-electron chi connectivity index (χ3n) is 14.8. The van der Waals surface area contributed by atoms with Gasteiger partial charge in [0.25, 0.3) is 0 Å². The smallest absolute Gasteiger partial charge is 0.462 e. The molecule has 0 bridgehead atoms. The topological polar surface area (TPSA) is 237 Å². The molecule has 0 saturated carbocycles. The van der Waals surface area contributed by atoms with E-state index in [0.29, 0.717) is 37.5 Å². The molecule has 0 heterocycles. The van der Waals surface area contributed by atoms with E-state index in [1.807, 2.05) is 0 Å². The number of carbonyl (C=O) groups is 4. The maximum Gasteiger partial charge on any atom is 0.472 e. The van der Waals surface area contributed by atoms with Crippen LogP contribution >= 0.6 is 15.6 Å². The van der Waals surface area contributed by atoms with Gasteiger partial charge in [0.15, 0.2) is 12.2 Å². The van der Waals surface area contributed by atoms with Crippen LogP contribution in [-0.2, 0) is 65.4 Å². The van der Waals surface area contributed by atoms with Gasteiger partial charge in [0.05, 0.1) is 26.4 Å². The van der Waals surface area contributed by atoms with Gasteiger partial charge in [-0.3, -0.25) is 37.3 Å². The van der Waals surface area contributed by atoms with Crippen LogP contribution in [0.2, 0.25) is 0 Å². The molecule has 3 N–H and O–H groups in total. The Morgan fingerprint density at radius 1 is 0.298 bits per heavy atom. The number of phosphoric acid groups is 2. The highest BCUT2D eigenvalue weighted by Crippen LogP contribution is 2.45. The fourth-order valence-corrected chi connectivity index (χ4v) is 11.2. The van der Waals surface area contributed by atoms with E-state index < -0.39 is 97.5 Å². The number of ether oxygens (including phenoxy) is 4. The van der Waals surface area contributed by atoms with Gasteiger partial charge in [0.1, 0.15) is 19.3 Å². The number of carbonyl (C=O) groups excluding carboxylic acids is 4. The summed E-state index contributed by atoms with van der Waals surface area (Å²) in [6.45, 7) is 13.9. The van der Waals surface area contributed by atoms with Gasteiger partial charge in [-0.25, -0.2) is 9.13 Å². The summed E-state index contributed by atoms with van der Waals surface area (Å²) in [5.74, 6) is 0.728. The molecule has 498 valence electrons. The zero-order valence-corrected chi connectivity index (χ0v) is 56.3. The number of unbranched alkanes of at least 4 members (excludes halogenated alkanes) is 28. The van der Waals surface area contributed by atoms with Gasteiger partial charge in [-0.15, -0.1) is 0 Å². The van der Waals surface area contributed by atoms with E-state index in [9.17, 15) is 43.2 Å². The summed E-state index contributed by atoms with van der Waals surface area (Å²) in [4.78, 5) is 72.2. The molecule has 0 aliphatic heterocycles. The lowest BCUT2D eigenvalue weighted by Gasteiger charge is -2.21. The first kappa shape index (κ1) is 82.1. The van der Waals surface area contributed by atoms with Crippen molar-refractivity contribution in [2.24, 2.45) is 23.7 Å². The SMILES string of the molecule is CC(C)CCCCCCCCCCCCC(=O)OC[C@H](COP(=O)(O)OCC(O)COP(=O)(O)OC[C@@H](COC(=O)CCCCCCCCCC(C)C)OC(=O)CCCCCCCCC(C)C)OC(=O)CCCCCCCCCCCC(C)C. The molecule has 84 heavy (non-hydrogen) atoms. The maximum absolute atomic E-state index is 13.0. The highest BCUT2D eigenvalue weighted by molar-refractivity contribution is 7.47. The van der Waals surface area contributed by atoms with Crippen LogP contribution in [-0.4, -0.2) is 96.7 Å². The van der Waals surface area contributed by atoms with Gasteiger partial charge in [-0.2, -0.15) is 0 Å². The highest BCUT2D eigenvalue weighted by Gasteiger charge is 2.30. The first-order chi connectivity index (χ1) is 40.1.